The number of amides is 2. The monoisotopic (exact) mass is 340 g/mol. The number of rotatable bonds is 4. The van der Waals surface area contributed by atoms with Crippen LogP contribution in [0, 0.1) is 0 Å². The third-order valence-electron chi connectivity index (χ3n) is 3.68. The van der Waals surface area contributed by atoms with E-state index < -0.39 is 0 Å². The van der Waals surface area contributed by atoms with Gasteiger partial charge >= 0.3 is 0 Å². The van der Waals surface area contributed by atoms with Gasteiger partial charge in [0.15, 0.2) is 0 Å². The maximum Gasteiger partial charge on any atom is 0.254 e. The maximum atomic E-state index is 12.2. The Morgan fingerprint density at radius 2 is 1.96 bits per heavy atom. The second-order valence-corrected chi connectivity index (χ2v) is 6.67. The minimum atomic E-state index is -0.367. The first-order valence-corrected chi connectivity index (χ1v) is 7.94. The Hall–Kier alpha value is -3.09. The Morgan fingerprint density at radius 3 is 2.64 bits per heavy atom. The van der Waals surface area contributed by atoms with Crippen LogP contribution in [0.25, 0.3) is 11.0 Å². The van der Waals surface area contributed by atoms with Gasteiger partial charge in [-0.3, -0.25) is 14.9 Å². The molecule has 7 heteroatoms. The summed E-state index contributed by atoms with van der Waals surface area (Å²) in [6.07, 6.45) is 2.73. The topological polar surface area (TPSA) is 89.2 Å². The van der Waals surface area contributed by atoms with E-state index in [1.54, 1.807) is 0 Å². The first-order chi connectivity index (χ1) is 11.9. The first kappa shape index (κ1) is 16.8. The molecule has 0 bridgehead atoms. The zero-order valence-electron chi connectivity index (χ0n) is 14.4. The number of nitrogens with one attached hydrogen (secondary N) is 2. The fourth-order valence-electron chi connectivity index (χ4n) is 2.61. The summed E-state index contributed by atoms with van der Waals surface area (Å²) in [6, 6.07) is 9.23. The average Bonchev–Trinajstić information content (AvgIpc) is 3.18. The number of fused-ring (bicyclic) bond motifs is 1. The van der Waals surface area contributed by atoms with E-state index in [-0.39, 0.29) is 23.9 Å². The Balaban J connectivity index is 1.76. The SMILES string of the molecule is CC(C)(C)n1c(NC(=O)CNC(=O)c2ccoc2)nc2ccccc21. The molecule has 0 fully saturated rings. The van der Waals surface area contributed by atoms with Crippen molar-refractivity contribution in [1.82, 2.24) is 14.9 Å². The molecule has 1 aromatic carbocycles. The Bertz CT molecular complexity index is 904. The number of carbonyl (C=O) groups is 2. The molecule has 3 aromatic rings. The molecule has 0 aliphatic carbocycles. The predicted molar refractivity (Wildman–Crippen MR) is 94.4 cm³/mol. The van der Waals surface area contributed by atoms with E-state index in [1.165, 1.54) is 18.6 Å². The lowest BCUT2D eigenvalue weighted by molar-refractivity contribution is -0.115. The van der Waals surface area contributed by atoms with Gasteiger partial charge < -0.3 is 14.3 Å². The van der Waals surface area contributed by atoms with Gasteiger partial charge in [0, 0.05) is 5.54 Å². The third kappa shape index (κ3) is 3.55. The lowest BCUT2D eigenvalue weighted by Crippen LogP contribution is -2.34. The lowest BCUT2D eigenvalue weighted by Gasteiger charge is -2.24. The summed E-state index contributed by atoms with van der Waals surface area (Å²) < 4.78 is 6.82. The maximum absolute atomic E-state index is 12.2. The van der Waals surface area contributed by atoms with Crippen molar-refractivity contribution in [3.63, 3.8) is 0 Å². The smallest absolute Gasteiger partial charge is 0.254 e. The summed E-state index contributed by atoms with van der Waals surface area (Å²) in [5, 5.41) is 5.33. The summed E-state index contributed by atoms with van der Waals surface area (Å²) in [7, 11) is 0. The highest BCUT2D eigenvalue weighted by Crippen LogP contribution is 2.27. The first-order valence-electron chi connectivity index (χ1n) is 7.94. The summed E-state index contributed by atoms with van der Waals surface area (Å²) in [5.74, 6) is -0.262. The second-order valence-electron chi connectivity index (χ2n) is 6.67. The van der Waals surface area contributed by atoms with Gasteiger partial charge in [-0.05, 0) is 39.0 Å². The molecule has 0 saturated heterocycles. The van der Waals surface area contributed by atoms with Gasteiger partial charge in [0.1, 0.15) is 6.26 Å². The molecular formula is C18H20N4O3. The van der Waals surface area contributed by atoms with E-state index in [2.05, 4.69) is 15.6 Å². The average molecular weight is 340 g/mol. The lowest BCUT2D eigenvalue weighted by atomic mass is 10.1. The van der Waals surface area contributed by atoms with E-state index in [1.807, 2.05) is 49.6 Å². The van der Waals surface area contributed by atoms with Gasteiger partial charge in [-0.15, -0.1) is 0 Å². The number of anilines is 1. The van der Waals surface area contributed by atoms with Gasteiger partial charge in [-0.25, -0.2) is 4.98 Å². The van der Waals surface area contributed by atoms with E-state index in [0.717, 1.165) is 11.0 Å². The molecule has 3 rings (SSSR count). The molecule has 2 N–H and O–H groups in total. The van der Waals surface area contributed by atoms with Crippen LogP contribution >= 0.6 is 0 Å². The van der Waals surface area contributed by atoms with Gasteiger partial charge in [0.2, 0.25) is 11.9 Å². The summed E-state index contributed by atoms with van der Waals surface area (Å²) in [5.41, 5.74) is 1.84. The van der Waals surface area contributed by atoms with Crippen LogP contribution in [-0.2, 0) is 10.3 Å². The van der Waals surface area contributed by atoms with Crippen molar-refractivity contribution in [3.8, 4) is 0 Å². The number of para-hydroxylation sites is 2. The van der Waals surface area contributed by atoms with E-state index in [0.29, 0.717) is 11.5 Å². The van der Waals surface area contributed by atoms with Gasteiger partial charge in [0.05, 0.1) is 29.4 Å². The van der Waals surface area contributed by atoms with Crippen LogP contribution in [0.3, 0.4) is 0 Å². The Morgan fingerprint density at radius 1 is 1.20 bits per heavy atom. The molecule has 0 radical (unpaired) electrons. The minimum absolute atomic E-state index is 0.155. The quantitative estimate of drug-likeness (QED) is 0.764. The van der Waals surface area contributed by atoms with Crippen molar-refractivity contribution >= 4 is 28.8 Å². The number of imidazole rings is 1. The molecule has 0 unspecified atom stereocenters. The zero-order valence-corrected chi connectivity index (χ0v) is 14.4. The highest BCUT2D eigenvalue weighted by Gasteiger charge is 2.22. The summed E-state index contributed by atoms with van der Waals surface area (Å²) >= 11 is 0. The van der Waals surface area contributed by atoms with Crippen LogP contribution in [0.5, 0.6) is 0 Å². The number of hydrogen-bond donors (Lipinski definition) is 2. The Kier molecular flexibility index (Phi) is 4.31. The molecule has 2 heterocycles. The van der Waals surface area contributed by atoms with E-state index in [4.69, 9.17) is 4.42 Å². The van der Waals surface area contributed by atoms with Crippen LogP contribution in [0.4, 0.5) is 5.95 Å². The molecular weight excluding hydrogens is 320 g/mol. The molecule has 0 spiro atoms. The van der Waals surface area contributed by atoms with Crippen molar-refractivity contribution < 1.29 is 14.0 Å². The van der Waals surface area contributed by atoms with Gasteiger partial charge in [-0.1, -0.05) is 12.1 Å². The Labute approximate surface area is 145 Å². The van der Waals surface area contributed by atoms with Crippen molar-refractivity contribution in [1.29, 1.82) is 0 Å². The van der Waals surface area contributed by atoms with Gasteiger partial charge in [0.25, 0.3) is 5.91 Å². The fourth-order valence-corrected chi connectivity index (χ4v) is 2.61. The number of carbonyl (C=O) groups excluding carboxylic acids is 2. The van der Waals surface area contributed by atoms with Crippen LogP contribution in [0.15, 0.2) is 47.3 Å². The van der Waals surface area contributed by atoms with Crippen LogP contribution in [-0.4, -0.2) is 27.9 Å². The third-order valence-corrected chi connectivity index (χ3v) is 3.68. The van der Waals surface area contributed by atoms with Crippen molar-refractivity contribution in [2.75, 3.05) is 11.9 Å². The molecule has 0 atom stereocenters. The molecule has 0 aliphatic heterocycles. The van der Waals surface area contributed by atoms with Gasteiger partial charge in [-0.2, -0.15) is 0 Å². The molecule has 0 aliphatic rings. The molecule has 130 valence electrons. The molecule has 2 aromatic heterocycles. The van der Waals surface area contributed by atoms with Crippen LogP contribution < -0.4 is 10.6 Å². The molecule has 7 nitrogen and oxygen atoms in total. The highest BCUT2D eigenvalue weighted by atomic mass is 16.3. The molecule has 2 amide bonds. The largest absolute Gasteiger partial charge is 0.472 e. The highest BCUT2D eigenvalue weighted by molar-refractivity contribution is 5.99. The minimum Gasteiger partial charge on any atom is -0.472 e. The second kappa shape index (κ2) is 6.43. The number of hydrogen-bond acceptors (Lipinski definition) is 4. The normalized spacial score (nSPS) is 11.5. The van der Waals surface area contributed by atoms with Crippen LogP contribution in [0.1, 0.15) is 31.1 Å². The van der Waals surface area contributed by atoms with Crippen molar-refractivity contribution in [3.05, 3.63) is 48.4 Å². The van der Waals surface area contributed by atoms with Crippen LogP contribution in [0.2, 0.25) is 0 Å². The molecule has 25 heavy (non-hydrogen) atoms. The number of nitrogens with zero attached hydrogens (tertiary/aromatic N) is 2. The van der Waals surface area contributed by atoms with Crippen molar-refractivity contribution in [2.24, 2.45) is 0 Å². The number of benzene rings is 1. The van der Waals surface area contributed by atoms with E-state index >= 15 is 0 Å². The standard InChI is InChI=1S/C18H20N4O3/c1-18(2,3)22-14-7-5-4-6-13(14)20-17(22)21-15(23)10-19-16(24)12-8-9-25-11-12/h4-9,11H,10H2,1-3H3,(H,19,24)(H,20,21,23). The van der Waals surface area contributed by atoms with E-state index in [9.17, 15) is 9.59 Å². The fraction of sp³-hybridized carbons (Fsp3) is 0.278. The summed E-state index contributed by atoms with van der Waals surface area (Å²) in [4.78, 5) is 28.6. The zero-order chi connectivity index (χ0) is 18.0. The number of aromatic nitrogens is 2. The number of furan rings is 1. The summed E-state index contributed by atoms with van der Waals surface area (Å²) in [6.45, 7) is 5.96. The predicted octanol–water partition coefficient (Wildman–Crippen LogP) is 2.75. The van der Waals surface area contributed by atoms with Crippen molar-refractivity contribution in [2.45, 2.75) is 26.3 Å². The molecule has 0 saturated carbocycles.